The molecular formula is C36H75N2O6P. The van der Waals surface area contributed by atoms with Gasteiger partial charge in [-0.25, -0.2) is 0 Å². The third kappa shape index (κ3) is 31.8. The molecule has 0 saturated carbocycles. The van der Waals surface area contributed by atoms with Crippen LogP contribution in [-0.2, 0) is 18.4 Å². The summed E-state index contributed by atoms with van der Waals surface area (Å²) in [6.07, 6.45) is 30.5. The fraction of sp³-hybridized carbons (Fsp3) is 0.972. The fourth-order valence-corrected chi connectivity index (χ4v) is 6.26. The van der Waals surface area contributed by atoms with Gasteiger partial charge < -0.3 is 28.8 Å². The lowest BCUT2D eigenvalue weighted by atomic mass is 10.0. The van der Waals surface area contributed by atoms with E-state index in [-0.39, 0.29) is 25.5 Å². The maximum absolute atomic E-state index is 12.1. The highest BCUT2D eigenvalue weighted by atomic mass is 31.2. The standard InChI is InChI=1S/C36H75N2O6P/c1-6-8-9-10-11-12-13-14-15-16-17-18-19-20-21-22-23-24-25-26-27-28-29-30-35(39)34(37-36(40)7-2)33-44-45(41,42)43-32-31-38(3,4)5/h34-35,39H,6-33H2,1-5H3,(H-,37,40,41,42). The van der Waals surface area contributed by atoms with Crippen molar-refractivity contribution < 1.29 is 32.9 Å². The molecule has 0 heterocycles. The summed E-state index contributed by atoms with van der Waals surface area (Å²) >= 11 is 0. The maximum atomic E-state index is 12.1. The molecule has 0 aromatic rings. The monoisotopic (exact) mass is 663 g/mol. The van der Waals surface area contributed by atoms with Crippen molar-refractivity contribution in [1.29, 1.82) is 0 Å². The fourth-order valence-electron chi connectivity index (χ4n) is 5.53. The molecule has 9 heteroatoms. The Kier molecular flexibility index (Phi) is 29.3. The van der Waals surface area contributed by atoms with E-state index in [0.717, 1.165) is 19.3 Å². The van der Waals surface area contributed by atoms with Crippen molar-refractivity contribution in [2.24, 2.45) is 0 Å². The van der Waals surface area contributed by atoms with Crippen molar-refractivity contribution in [3.8, 4) is 0 Å². The predicted octanol–water partition coefficient (Wildman–Crippen LogP) is 8.83. The number of rotatable bonds is 34. The first-order valence-electron chi connectivity index (χ1n) is 18.9. The number of quaternary nitrogens is 1. The van der Waals surface area contributed by atoms with Gasteiger partial charge >= 0.3 is 0 Å². The number of phosphoric acid groups is 1. The summed E-state index contributed by atoms with van der Waals surface area (Å²) in [6.45, 7) is 4.18. The number of likely N-dealkylation sites (N-methyl/N-ethyl adjacent to an activating group) is 1. The molecular weight excluding hydrogens is 587 g/mol. The molecule has 0 rings (SSSR count). The molecule has 0 aliphatic heterocycles. The van der Waals surface area contributed by atoms with Gasteiger partial charge in [-0.1, -0.05) is 162 Å². The first-order chi connectivity index (χ1) is 21.5. The lowest BCUT2D eigenvalue weighted by Gasteiger charge is -2.30. The average Bonchev–Trinajstić information content (AvgIpc) is 2.98. The van der Waals surface area contributed by atoms with E-state index in [1.54, 1.807) is 6.92 Å². The first kappa shape index (κ1) is 44.5. The highest BCUT2D eigenvalue weighted by molar-refractivity contribution is 7.45. The molecule has 3 unspecified atom stereocenters. The van der Waals surface area contributed by atoms with E-state index >= 15 is 0 Å². The molecule has 0 radical (unpaired) electrons. The van der Waals surface area contributed by atoms with Crippen LogP contribution in [0.15, 0.2) is 0 Å². The number of hydrogen-bond donors (Lipinski definition) is 2. The Morgan fingerprint density at radius 3 is 1.42 bits per heavy atom. The van der Waals surface area contributed by atoms with Crippen LogP contribution in [0.5, 0.6) is 0 Å². The largest absolute Gasteiger partial charge is 0.756 e. The molecule has 0 bridgehead atoms. The average molecular weight is 663 g/mol. The number of carbonyl (C=O) groups is 1. The van der Waals surface area contributed by atoms with Gasteiger partial charge in [0.1, 0.15) is 13.2 Å². The molecule has 3 atom stereocenters. The van der Waals surface area contributed by atoms with E-state index in [0.29, 0.717) is 17.4 Å². The van der Waals surface area contributed by atoms with Crippen LogP contribution in [0.1, 0.15) is 174 Å². The van der Waals surface area contributed by atoms with Crippen LogP contribution in [-0.4, -0.2) is 68.5 Å². The van der Waals surface area contributed by atoms with Gasteiger partial charge in [0, 0.05) is 6.42 Å². The third-order valence-electron chi connectivity index (χ3n) is 8.66. The number of aliphatic hydroxyl groups is 1. The summed E-state index contributed by atoms with van der Waals surface area (Å²) in [5, 5.41) is 13.4. The van der Waals surface area contributed by atoms with Crippen LogP contribution >= 0.6 is 7.82 Å². The number of unbranched alkanes of at least 4 members (excludes halogenated alkanes) is 22. The zero-order valence-electron chi connectivity index (χ0n) is 30.3. The van der Waals surface area contributed by atoms with Gasteiger partial charge in [0.2, 0.25) is 5.91 Å². The zero-order chi connectivity index (χ0) is 33.7. The molecule has 2 N–H and O–H groups in total. The van der Waals surface area contributed by atoms with E-state index in [1.807, 2.05) is 21.1 Å². The van der Waals surface area contributed by atoms with Crippen LogP contribution in [0.25, 0.3) is 0 Å². The van der Waals surface area contributed by atoms with Crippen molar-refractivity contribution in [3.63, 3.8) is 0 Å². The van der Waals surface area contributed by atoms with Gasteiger partial charge in [-0.15, -0.1) is 0 Å². The van der Waals surface area contributed by atoms with Crippen molar-refractivity contribution in [2.75, 3.05) is 40.9 Å². The smallest absolute Gasteiger partial charge is 0.268 e. The number of nitrogens with one attached hydrogen (secondary N) is 1. The molecule has 45 heavy (non-hydrogen) atoms. The van der Waals surface area contributed by atoms with Crippen LogP contribution in [0, 0.1) is 0 Å². The van der Waals surface area contributed by atoms with E-state index < -0.39 is 20.0 Å². The quantitative estimate of drug-likeness (QED) is 0.0405. The minimum absolute atomic E-state index is 0.0122. The Morgan fingerprint density at radius 2 is 1.07 bits per heavy atom. The van der Waals surface area contributed by atoms with Crippen LogP contribution in [0.4, 0.5) is 0 Å². The topological polar surface area (TPSA) is 108 Å². The predicted molar refractivity (Wildman–Crippen MR) is 187 cm³/mol. The number of nitrogens with zero attached hydrogens (tertiary/aromatic N) is 1. The number of aliphatic hydroxyl groups excluding tert-OH is 1. The Labute approximate surface area is 279 Å². The maximum Gasteiger partial charge on any atom is 0.268 e. The number of amides is 1. The summed E-state index contributed by atoms with van der Waals surface area (Å²) < 4.78 is 22.7. The summed E-state index contributed by atoms with van der Waals surface area (Å²) in [4.78, 5) is 24.1. The second-order valence-electron chi connectivity index (χ2n) is 14.3. The normalized spacial score (nSPS) is 14.7. The van der Waals surface area contributed by atoms with Gasteiger partial charge in [-0.05, 0) is 6.42 Å². The van der Waals surface area contributed by atoms with Crippen LogP contribution in [0.2, 0.25) is 0 Å². The Balaban J connectivity index is 3.76. The highest BCUT2D eigenvalue weighted by Gasteiger charge is 2.24. The minimum Gasteiger partial charge on any atom is -0.756 e. The summed E-state index contributed by atoms with van der Waals surface area (Å²) in [7, 11) is 1.30. The molecule has 1 amide bonds. The highest BCUT2D eigenvalue weighted by Crippen LogP contribution is 2.38. The second kappa shape index (κ2) is 29.6. The molecule has 0 aliphatic rings. The molecule has 0 fully saturated rings. The Hall–Kier alpha value is -0.500. The third-order valence-corrected chi connectivity index (χ3v) is 9.62. The lowest BCUT2D eigenvalue weighted by molar-refractivity contribution is -0.870. The van der Waals surface area contributed by atoms with Gasteiger partial charge in [0.25, 0.3) is 7.82 Å². The van der Waals surface area contributed by atoms with Gasteiger partial charge in [0.05, 0.1) is 39.9 Å². The van der Waals surface area contributed by atoms with Crippen molar-refractivity contribution >= 4 is 13.7 Å². The Morgan fingerprint density at radius 1 is 0.689 bits per heavy atom. The number of hydrogen-bond acceptors (Lipinski definition) is 6. The Bertz CT molecular complexity index is 718. The number of phosphoric ester groups is 1. The van der Waals surface area contributed by atoms with Gasteiger partial charge in [-0.2, -0.15) is 0 Å². The number of carbonyl (C=O) groups excluding carboxylic acids is 1. The molecule has 0 spiro atoms. The minimum atomic E-state index is -4.52. The first-order valence-corrected chi connectivity index (χ1v) is 20.3. The van der Waals surface area contributed by atoms with E-state index in [2.05, 4.69) is 12.2 Å². The van der Waals surface area contributed by atoms with Crippen molar-refractivity contribution in [3.05, 3.63) is 0 Å². The van der Waals surface area contributed by atoms with Gasteiger partial charge in [-0.3, -0.25) is 9.36 Å². The second-order valence-corrected chi connectivity index (χ2v) is 15.7. The van der Waals surface area contributed by atoms with Crippen LogP contribution < -0.4 is 10.2 Å². The van der Waals surface area contributed by atoms with Gasteiger partial charge in [0.15, 0.2) is 0 Å². The van der Waals surface area contributed by atoms with Crippen LogP contribution in [0.3, 0.4) is 0 Å². The van der Waals surface area contributed by atoms with E-state index in [4.69, 9.17) is 9.05 Å². The molecule has 0 saturated heterocycles. The summed E-state index contributed by atoms with van der Waals surface area (Å²) in [5.74, 6) is -0.251. The van der Waals surface area contributed by atoms with Crippen molar-refractivity contribution in [1.82, 2.24) is 5.32 Å². The lowest BCUT2D eigenvalue weighted by Crippen LogP contribution is -2.46. The van der Waals surface area contributed by atoms with E-state index in [1.165, 1.54) is 128 Å². The zero-order valence-corrected chi connectivity index (χ0v) is 31.2. The van der Waals surface area contributed by atoms with E-state index in [9.17, 15) is 19.4 Å². The molecule has 8 nitrogen and oxygen atoms in total. The summed E-state index contributed by atoms with van der Waals surface area (Å²) in [6, 6.07) is -0.790. The summed E-state index contributed by atoms with van der Waals surface area (Å²) in [5.41, 5.74) is 0. The molecule has 270 valence electrons. The molecule has 0 aliphatic carbocycles. The molecule has 0 aromatic heterocycles. The molecule has 0 aromatic carbocycles. The van der Waals surface area contributed by atoms with Crippen molar-refractivity contribution in [2.45, 2.75) is 187 Å². The SMILES string of the molecule is CCCCCCCCCCCCCCCCCCCCCCCCCC(O)C(COP(=O)([O-])OCC[N+](C)(C)C)NC(=O)CC.